The highest BCUT2D eigenvalue weighted by Crippen LogP contribution is 2.10. The Morgan fingerprint density at radius 3 is 2.58 bits per heavy atom. The molecule has 0 fully saturated rings. The molecule has 0 aliphatic heterocycles. The highest BCUT2D eigenvalue weighted by atomic mass is 16.4. The third kappa shape index (κ3) is 4.08. The molecule has 1 aromatic rings. The van der Waals surface area contributed by atoms with Gasteiger partial charge in [0, 0.05) is 13.3 Å². The molecule has 1 unspecified atom stereocenters. The van der Waals surface area contributed by atoms with Gasteiger partial charge < -0.3 is 9.90 Å². The van der Waals surface area contributed by atoms with Crippen molar-refractivity contribution in [3.8, 4) is 0 Å². The van der Waals surface area contributed by atoms with Gasteiger partial charge in [0.2, 0.25) is 0 Å². The number of carbonyl (C=O) groups excluding carboxylic acids is 1. The van der Waals surface area contributed by atoms with Gasteiger partial charge in [0.1, 0.15) is 17.9 Å². The fourth-order valence-electron chi connectivity index (χ4n) is 2.37. The van der Waals surface area contributed by atoms with Crippen molar-refractivity contribution in [3.63, 3.8) is 0 Å². The zero-order chi connectivity index (χ0) is 14.4. The number of carboxylic acid groups (broad SMARTS) is 1. The third-order valence-electron chi connectivity index (χ3n) is 3.80. The van der Waals surface area contributed by atoms with Crippen LogP contribution in [-0.2, 0) is 18.3 Å². The first-order valence-electron chi connectivity index (χ1n) is 7.26. The minimum Gasteiger partial charge on any atom is -0.546 e. The first kappa shape index (κ1) is 15.7. The second kappa shape index (κ2) is 7.31. The van der Waals surface area contributed by atoms with Gasteiger partial charge >= 0.3 is 0 Å². The summed E-state index contributed by atoms with van der Waals surface area (Å²) in [6, 6.07) is -0.606. The summed E-state index contributed by atoms with van der Waals surface area (Å²) in [4.78, 5) is 11.0. The summed E-state index contributed by atoms with van der Waals surface area (Å²) in [5, 5.41) is 11.0. The van der Waals surface area contributed by atoms with E-state index in [1.54, 1.807) is 6.92 Å². The monoisotopic (exact) mass is 266 g/mol. The average Bonchev–Trinajstić information content (AvgIpc) is 2.65. The Morgan fingerprint density at radius 2 is 2.00 bits per heavy atom. The Labute approximate surface area is 116 Å². The summed E-state index contributed by atoms with van der Waals surface area (Å²) in [6.45, 7) is 5.88. The van der Waals surface area contributed by atoms with Crippen molar-refractivity contribution in [2.75, 3.05) is 0 Å². The molecule has 4 heteroatoms. The van der Waals surface area contributed by atoms with Gasteiger partial charge in [0.05, 0.1) is 13.0 Å². The number of carboxylic acids is 1. The van der Waals surface area contributed by atoms with Crippen LogP contribution >= 0.6 is 0 Å². The molecule has 0 N–H and O–H groups in total. The fraction of sp³-hybridized carbons (Fsp3) is 0.733. The van der Waals surface area contributed by atoms with Gasteiger partial charge in [-0.2, -0.15) is 0 Å². The quantitative estimate of drug-likeness (QED) is 0.528. The minimum absolute atomic E-state index is 0.606. The zero-order valence-electron chi connectivity index (χ0n) is 12.6. The van der Waals surface area contributed by atoms with E-state index < -0.39 is 12.0 Å². The molecular weight excluding hydrogens is 240 g/mol. The molecule has 0 saturated carbocycles. The normalized spacial score (nSPS) is 12.6. The topological polar surface area (TPSA) is 48.9 Å². The summed E-state index contributed by atoms with van der Waals surface area (Å²) in [5.74, 6) is 0.0496. The molecule has 0 radical (unpaired) electrons. The molecule has 1 atom stereocenters. The number of hydrogen-bond donors (Lipinski definition) is 0. The number of aromatic nitrogens is 2. The smallest absolute Gasteiger partial charge is 0.256 e. The van der Waals surface area contributed by atoms with Crippen molar-refractivity contribution in [2.45, 2.75) is 65.3 Å². The van der Waals surface area contributed by atoms with Crippen molar-refractivity contribution < 1.29 is 14.5 Å². The van der Waals surface area contributed by atoms with Crippen molar-refractivity contribution in [1.82, 2.24) is 4.57 Å². The number of rotatable bonds is 8. The zero-order valence-corrected chi connectivity index (χ0v) is 12.6. The molecule has 0 saturated heterocycles. The van der Waals surface area contributed by atoms with Crippen LogP contribution in [0.1, 0.15) is 63.5 Å². The maximum absolute atomic E-state index is 11.0. The lowest BCUT2D eigenvalue weighted by atomic mass is 10.1. The average molecular weight is 266 g/mol. The first-order valence-corrected chi connectivity index (χ1v) is 7.26. The Kier molecular flexibility index (Phi) is 6.06. The van der Waals surface area contributed by atoms with Gasteiger partial charge in [0.15, 0.2) is 0 Å². The predicted molar refractivity (Wildman–Crippen MR) is 72.5 cm³/mol. The number of unbranched alkanes of at least 4 members (excludes halogenated alkanes) is 4. The molecule has 0 aliphatic carbocycles. The van der Waals surface area contributed by atoms with Gasteiger partial charge in [-0.05, 0) is 13.3 Å². The molecule has 19 heavy (non-hydrogen) atoms. The van der Waals surface area contributed by atoms with E-state index >= 15 is 0 Å². The summed E-state index contributed by atoms with van der Waals surface area (Å²) >= 11 is 0. The van der Waals surface area contributed by atoms with E-state index in [0.717, 1.165) is 24.4 Å². The van der Waals surface area contributed by atoms with Crippen LogP contribution in [0, 0.1) is 6.92 Å². The molecule has 0 aromatic carbocycles. The molecule has 0 bridgehead atoms. The van der Waals surface area contributed by atoms with E-state index in [4.69, 9.17) is 0 Å². The van der Waals surface area contributed by atoms with Gasteiger partial charge in [-0.15, -0.1) is 0 Å². The Hall–Kier alpha value is -1.32. The Balaban J connectivity index is 2.72. The molecule has 0 amide bonds. The van der Waals surface area contributed by atoms with Crippen molar-refractivity contribution in [2.24, 2.45) is 7.05 Å². The summed E-state index contributed by atoms with van der Waals surface area (Å²) < 4.78 is 3.92. The Bertz CT molecular complexity index is 424. The lowest BCUT2D eigenvalue weighted by Gasteiger charge is -2.11. The number of hydrogen-bond acceptors (Lipinski definition) is 2. The second-order valence-electron chi connectivity index (χ2n) is 5.31. The molecule has 1 heterocycles. The molecular formula is C15H26N2O2. The minimum atomic E-state index is -1.03. The van der Waals surface area contributed by atoms with E-state index in [9.17, 15) is 9.90 Å². The largest absolute Gasteiger partial charge is 0.546 e. The van der Waals surface area contributed by atoms with E-state index in [0.29, 0.717) is 0 Å². The van der Waals surface area contributed by atoms with Crippen LogP contribution in [0.5, 0.6) is 0 Å². The third-order valence-corrected chi connectivity index (χ3v) is 3.80. The first-order chi connectivity index (χ1) is 8.99. The number of nitrogens with zero attached hydrogens (tertiary/aromatic N) is 2. The fourth-order valence-corrected chi connectivity index (χ4v) is 2.37. The lowest BCUT2D eigenvalue weighted by Crippen LogP contribution is -2.49. The molecule has 0 spiro atoms. The standard InChI is InChI=1S/C15H26N2O2/c1-5-6-7-8-9-10-14-16(4)12(2)11-17(14)13(3)15(18)19/h11,13H,5-10H2,1-4H3. The summed E-state index contributed by atoms with van der Waals surface area (Å²) in [7, 11) is 2.00. The van der Waals surface area contributed by atoms with Crippen LogP contribution in [0.25, 0.3) is 0 Å². The lowest BCUT2D eigenvalue weighted by molar-refractivity contribution is -0.719. The van der Waals surface area contributed by atoms with E-state index in [2.05, 4.69) is 11.5 Å². The van der Waals surface area contributed by atoms with Gasteiger partial charge in [-0.3, -0.25) is 0 Å². The van der Waals surface area contributed by atoms with Crippen molar-refractivity contribution >= 4 is 5.97 Å². The molecule has 1 rings (SSSR count). The SMILES string of the molecule is CCCCCCCc1n(C)c(C)c[n+]1C(C)C(=O)[O-]. The molecule has 0 aliphatic rings. The maximum Gasteiger partial charge on any atom is 0.256 e. The Morgan fingerprint density at radius 1 is 1.37 bits per heavy atom. The van der Waals surface area contributed by atoms with Crippen LogP contribution in [-0.4, -0.2) is 10.5 Å². The molecule has 1 aromatic heterocycles. The molecule has 4 nitrogen and oxygen atoms in total. The number of imidazole rings is 1. The van der Waals surface area contributed by atoms with Crippen LogP contribution in [0.15, 0.2) is 6.20 Å². The van der Waals surface area contributed by atoms with Crippen molar-refractivity contribution in [3.05, 3.63) is 17.7 Å². The van der Waals surface area contributed by atoms with Crippen LogP contribution in [0.3, 0.4) is 0 Å². The van der Waals surface area contributed by atoms with E-state index in [-0.39, 0.29) is 0 Å². The maximum atomic E-state index is 11.0. The highest BCUT2D eigenvalue weighted by molar-refractivity contribution is 5.66. The number of aryl methyl sites for hydroxylation is 1. The van der Waals surface area contributed by atoms with Gasteiger partial charge in [0.25, 0.3) is 5.82 Å². The van der Waals surface area contributed by atoms with Gasteiger partial charge in [-0.25, -0.2) is 9.13 Å². The highest BCUT2D eigenvalue weighted by Gasteiger charge is 2.22. The molecule has 108 valence electrons. The number of carbonyl (C=O) groups is 1. The second-order valence-corrected chi connectivity index (χ2v) is 5.31. The summed E-state index contributed by atoms with van der Waals surface area (Å²) in [5.41, 5.74) is 1.08. The van der Waals surface area contributed by atoms with Crippen molar-refractivity contribution in [1.29, 1.82) is 0 Å². The van der Waals surface area contributed by atoms with E-state index in [1.165, 1.54) is 25.7 Å². The number of aliphatic carboxylic acids is 1. The van der Waals surface area contributed by atoms with Gasteiger partial charge in [-0.1, -0.05) is 32.6 Å². The van der Waals surface area contributed by atoms with Crippen LogP contribution < -0.4 is 9.67 Å². The van der Waals surface area contributed by atoms with Crippen LogP contribution in [0.4, 0.5) is 0 Å². The van der Waals surface area contributed by atoms with Crippen LogP contribution in [0.2, 0.25) is 0 Å². The predicted octanol–water partition coefficient (Wildman–Crippen LogP) is 1.44. The van der Waals surface area contributed by atoms with E-state index in [1.807, 2.05) is 24.7 Å². The summed E-state index contributed by atoms with van der Waals surface area (Å²) in [6.07, 6.45) is 8.92.